The van der Waals surface area contributed by atoms with Crippen LogP contribution in [0.2, 0.25) is 0 Å². The number of carbonyl (C=O) groups excluding carboxylic acids is 4. The number of amides is 4. The first kappa shape index (κ1) is 42.9. The van der Waals surface area contributed by atoms with E-state index in [2.05, 4.69) is 65.9 Å². The number of nitrogens with zero attached hydrogens (tertiary/aromatic N) is 5. The molecule has 2 heterocycles. The fourth-order valence-corrected chi connectivity index (χ4v) is 7.93. The van der Waals surface area contributed by atoms with Gasteiger partial charge in [0.2, 0.25) is 17.6 Å². The summed E-state index contributed by atoms with van der Waals surface area (Å²) < 4.78 is 5.36. The summed E-state index contributed by atoms with van der Waals surface area (Å²) in [6.45, 7) is 7.87. The van der Waals surface area contributed by atoms with Gasteiger partial charge in [0.25, 0.3) is 5.91 Å². The van der Waals surface area contributed by atoms with Crippen molar-refractivity contribution in [2.24, 2.45) is 11.8 Å². The molecule has 6 rings (SSSR count). The predicted octanol–water partition coefficient (Wildman–Crippen LogP) is 5.84. The summed E-state index contributed by atoms with van der Waals surface area (Å²) in [5.74, 6) is -0.235. The number of anilines is 1. The van der Waals surface area contributed by atoms with Crippen molar-refractivity contribution in [3.8, 4) is 22.5 Å². The summed E-state index contributed by atoms with van der Waals surface area (Å²) in [4.78, 5) is 59.8. The molecule has 4 amide bonds. The average Bonchev–Trinajstić information content (AvgIpc) is 3.76. The van der Waals surface area contributed by atoms with Gasteiger partial charge in [-0.25, -0.2) is 9.78 Å². The van der Waals surface area contributed by atoms with Crippen LogP contribution in [-0.4, -0.2) is 98.7 Å². The van der Waals surface area contributed by atoms with Gasteiger partial charge in [0.05, 0.1) is 0 Å². The molecule has 2 aromatic carbocycles. The molecular weight excluding hydrogens is 749 g/mol. The molecule has 15 nitrogen and oxygen atoms in total. The fourth-order valence-electron chi connectivity index (χ4n) is 7.93. The van der Waals surface area contributed by atoms with Crippen LogP contribution in [0.5, 0.6) is 0 Å². The molecule has 59 heavy (non-hydrogen) atoms. The number of aromatic amines is 1. The molecule has 2 aromatic heterocycles. The Morgan fingerprint density at radius 1 is 0.864 bits per heavy atom. The molecule has 314 valence electrons. The lowest BCUT2D eigenvalue weighted by Crippen LogP contribution is -2.48. The van der Waals surface area contributed by atoms with Crippen molar-refractivity contribution >= 4 is 29.5 Å². The minimum Gasteiger partial charge on any atom is -0.444 e. The maximum Gasteiger partial charge on any atom is 0.407 e. The number of tetrazole rings is 1. The van der Waals surface area contributed by atoms with Gasteiger partial charge < -0.3 is 30.9 Å². The summed E-state index contributed by atoms with van der Waals surface area (Å²) in [7, 11) is 4.21. The Hall–Kier alpha value is -5.70. The van der Waals surface area contributed by atoms with Crippen LogP contribution in [0.15, 0.2) is 60.7 Å². The molecule has 0 radical (unpaired) electrons. The first-order valence-corrected chi connectivity index (χ1v) is 20.7. The van der Waals surface area contributed by atoms with Crippen LogP contribution in [0, 0.1) is 18.8 Å². The molecule has 15 heteroatoms. The van der Waals surface area contributed by atoms with Crippen LogP contribution in [0.3, 0.4) is 0 Å². The molecule has 1 atom stereocenters. The van der Waals surface area contributed by atoms with E-state index >= 15 is 0 Å². The van der Waals surface area contributed by atoms with Crippen LogP contribution < -0.4 is 21.3 Å². The maximum absolute atomic E-state index is 13.9. The zero-order valence-electron chi connectivity index (χ0n) is 35.0. The zero-order valence-corrected chi connectivity index (χ0v) is 35.0. The topological polar surface area (TPSA) is 196 Å². The Morgan fingerprint density at radius 3 is 2.15 bits per heavy atom. The number of benzene rings is 2. The Kier molecular flexibility index (Phi) is 14.1. The number of alkyl carbamates (subject to hydrolysis) is 1. The first-order valence-electron chi connectivity index (χ1n) is 20.7. The fraction of sp³-hybridized carbons (Fsp3) is 0.500. The number of carbonyl (C=O) groups is 4. The van der Waals surface area contributed by atoms with E-state index in [9.17, 15) is 19.2 Å². The maximum atomic E-state index is 13.9. The monoisotopic (exact) mass is 806 g/mol. The van der Waals surface area contributed by atoms with E-state index in [1.807, 2.05) is 58.0 Å². The van der Waals surface area contributed by atoms with Gasteiger partial charge in [0.1, 0.15) is 17.3 Å². The number of pyridine rings is 1. The molecule has 4 aromatic rings. The van der Waals surface area contributed by atoms with Gasteiger partial charge in [-0.3, -0.25) is 14.4 Å². The normalized spacial score (nSPS) is 20.0. The molecule has 2 saturated carbocycles. The number of H-pyrrole nitrogens is 1. The van der Waals surface area contributed by atoms with Crippen LogP contribution in [-0.2, 0) is 20.7 Å². The SMILES string of the molecule is Cc1nc(C(=O)NC2CCC(N(C)C)CC2)ccc1-c1ccc(C[C@H](NC(=O)C2CCC(CNC(=O)OC(C)(C)C)CC2)C(=O)Nc2ccc(-c3nn[nH]n3)cc2)cc1. The molecule has 0 saturated heterocycles. The molecule has 5 N–H and O–H groups in total. The Morgan fingerprint density at radius 2 is 1.54 bits per heavy atom. The third-order valence-corrected chi connectivity index (χ3v) is 11.3. The molecule has 0 aliphatic heterocycles. The summed E-state index contributed by atoms with van der Waals surface area (Å²) in [5.41, 5.74) is 4.57. The first-order chi connectivity index (χ1) is 28.2. The van der Waals surface area contributed by atoms with E-state index in [1.165, 1.54) is 0 Å². The standard InChI is InChI=1S/C44H58N10O5/c1-27-36(23-24-37(46-27)41(56)47-34-19-21-35(22-20-34)54(5)6)30-11-7-28(8-12-30)25-38(42(57)48-33-17-15-31(16-18-33)39-50-52-53-51-39)49-40(55)32-13-9-29(10-14-32)26-45-43(58)59-44(2,3)4/h7-8,11-12,15-18,23-24,29,32,34-35,38H,9-10,13-14,19-22,25-26H2,1-6H3,(H,45,58)(H,47,56)(H,48,57)(H,49,55)(H,50,51,52,53)/t29?,32?,34?,35?,38-/m0/s1. The van der Waals surface area contributed by atoms with E-state index in [0.717, 1.165) is 66.5 Å². The summed E-state index contributed by atoms with van der Waals surface area (Å²) in [5, 5.41) is 26.1. The van der Waals surface area contributed by atoms with Crippen molar-refractivity contribution in [3.63, 3.8) is 0 Å². The van der Waals surface area contributed by atoms with Crippen molar-refractivity contribution in [1.29, 1.82) is 0 Å². The van der Waals surface area contributed by atoms with Gasteiger partial charge in [0.15, 0.2) is 0 Å². The second kappa shape index (κ2) is 19.4. The van der Waals surface area contributed by atoms with Crippen LogP contribution in [0.25, 0.3) is 22.5 Å². The molecular formula is C44H58N10O5. The number of ether oxygens (including phenoxy) is 1. The smallest absolute Gasteiger partial charge is 0.407 e. The number of aromatic nitrogens is 5. The highest BCUT2D eigenvalue weighted by Gasteiger charge is 2.31. The highest BCUT2D eigenvalue weighted by molar-refractivity contribution is 5.98. The summed E-state index contributed by atoms with van der Waals surface area (Å²) in [6.07, 6.45) is 6.71. The van der Waals surface area contributed by atoms with Gasteiger partial charge >= 0.3 is 6.09 Å². The number of nitrogens with one attached hydrogen (secondary N) is 5. The highest BCUT2D eigenvalue weighted by atomic mass is 16.6. The quantitative estimate of drug-likeness (QED) is 0.110. The number of rotatable bonds is 13. The molecule has 0 bridgehead atoms. The Balaban J connectivity index is 1.09. The van der Waals surface area contributed by atoms with E-state index in [0.29, 0.717) is 42.6 Å². The third kappa shape index (κ3) is 12.2. The lowest BCUT2D eigenvalue weighted by Gasteiger charge is -2.32. The number of hydrogen-bond acceptors (Lipinski definition) is 10. The third-order valence-electron chi connectivity index (χ3n) is 11.3. The van der Waals surface area contributed by atoms with E-state index in [4.69, 9.17) is 4.74 Å². The second-order valence-corrected chi connectivity index (χ2v) is 17.1. The van der Waals surface area contributed by atoms with Crippen LogP contribution in [0.1, 0.15) is 93.9 Å². The largest absolute Gasteiger partial charge is 0.444 e. The zero-order chi connectivity index (χ0) is 42.1. The number of aryl methyl sites for hydroxylation is 1. The van der Waals surface area contributed by atoms with E-state index < -0.39 is 17.7 Å². The van der Waals surface area contributed by atoms with Gasteiger partial charge in [-0.2, -0.15) is 5.21 Å². The van der Waals surface area contributed by atoms with Gasteiger partial charge in [-0.15, -0.1) is 10.2 Å². The highest BCUT2D eigenvalue weighted by Crippen LogP contribution is 2.30. The molecule has 2 aliphatic carbocycles. The van der Waals surface area contributed by atoms with Crippen molar-refractivity contribution in [2.75, 3.05) is 26.0 Å². The molecule has 2 aliphatic rings. The van der Waals surface area contributed by atoms with Gasteiger partial charge in [-0.1, -0.05) is 30.3 Å². The summed E-state index contributed by atoms with van der Waals surface area (Å²) >= 11 is 0. The summed E-state index contributed by atoms with van der Waals surface area (Å²) in [6, 6.07) is 18.5. The van der Waals surface area contributed by atoms with E-state index in [-0.39, 0.29) is 42.0 Å². The van der Waals surface area contributed by atoms with Crippen molar-refractivity contribution in [1.82, 2.24) is 46.5 Å². The number of hydrogen-bond donors (Lipinski definition) is 5. The van der Waals surface area contributed by atoms with Gasteiger partial charge in [-0.05, 0) is 146 Å². The Bertz CT molecular complexity index is 2030. The van der Waals surface area contributed by atoms with Crippen LogP contribution >= 0.6 is 0 Å². The molecule has 0 unspecified atom stereocenters. The van der Waals surface area contributed by atoms with Crippen molar-refractivity contribution in [2.45, 2.75) is 109 Å². The average molecular weight is 807 g/mol. The predicted molar refractivity (Wildman–Crippen MR) is 225 cm³/mol. The second-order valence-electron chi connectivity index (χ2n) is 17.1. The van der Waals surface area contributed by atoms with Crippen molar-refractivity contribution in [3.05, 3.63) is 77.6 Å². The van der Waals surface area contributed by atoms with E-state index in [1.54, 1.807) is 30.3 Å². The van der Waals surface area contributed by atoms with Gasteiger partial charge in [0, 0.05) is 53.5 Å². The minimum atomic E-state index is -0.851. The molecule has 2 fully saturated rings. The molecule has 0 spiro atoms. The minimum absolute atomic E-state index is 0.152. The van der Waals surface area contributed by atoms with Crippen LogP contribution in [0.4, 0.5) is 10.5 Å². The lowest BCUT2D eigenvalue weighted by molar-refractivity contribution is -0.130. The van der Waals surface area contributed by atoms with Crippen molar-refractivity contribution < 1.29 is 23.9 Å². The Labute approximate surface area is 346 Å². The lowest BCUT2D eigenvalue weighted by atomic mass is 9.81.